The predicted octanol–water partition coefficient (Wildman–Crippen LogP) is 6.59. The van der Waals surface area contributed by atoms with Crippen molar-refractivity contribution in [2.75, 3.05) is 6.61 Å². The number of carbonyl (C=O) groups excluding carboxylic acids is 1. The highest BCUT2D eigenvalue weighted by atomic mass is 35.5. The van der Waals surface area contributed by atoms with Gasteiger partial charge in [-0.15, -0.1) is 0 Å². The Balaban J connectivity index is 1.45. The number of fused-ring (bicyclic) bond motifs is 2. The molecule has 7 rings (SSSR count). The topological polar surface area (TPSA) is 65.6 Å². The van der Waals surface area contributed by atoms with Gasteiger partial charge in [-0.25, -0.2) is 9.79 Å². The number of rotatable bonds is 7. The van der Waals surface area contributed by atoms with Crippen molar-refractivity contribution in [1.29, 1.82) is 0 Å². The van der Waals surface area contributed by atoms with E-state index < -0.39 is 12.0 Å². The summed E-state index contributed by atoms with van der Waals surface area (Å²) in [5.41, 5.74) is 5.16. The van der Waals surface area contributed by atoms with Crippen molar-refractivity contribution < 1.29 is 9.53 Å². The first-order valence-corrected chi connectivity index (χ1v) is 15.9. The Morgan fingerprint density at radius 2 is 1.62 bits per heavy atom. The Morgan fingerprint density at radius 3 is 2.38 bits per heavy atom. The number of esters is 1. The minimum Gasteiger partial charge on any atom is -0.463 e. The maximum Gasteiger partial charge on any atom is 0.338 e. The third kappa shape index (κ3) is 5.35. The lowest BCUT2D eigenvalue weighted by molar-refractivity contribution is -0.138. The third-order valence-electron chi connectivity index (χ3n) is 7.89. The fraction of sp³-hybridized carbons (Fsp3) is 0.108. The summed E-state index contributed by atoms with van der Waals surface area (Å²) in [4.78, 5) is 33.4. The van der Waals surface area contributed by atoms with Crippen LogP contribution in [0.4, 0.5) is 0 Å². The summed E-state index contributed by atoms with van der Waals surface area (Å²) < 4.78 is 9.87. The molecule has 6 nitrogen and oxygen atoms in total. The van der Waals surface area contributed by atoms with Crippen LogP contribution in [-0.2, 0) is 16.1 Å². The summed E-state index contributed by atoms with van der Waals surface area (Å²) in [7, 11) is 0. The van der Waals surface area contributed by atoms with Crippen LogP contribution in [0.3, 0.4) is 0 Å². The molecule has 0 bridgehead atoms. The summed E-state index contributed by atoms with van der Waals surface area (Å²) >= 11 is 7.82. The summed E-state index contributed by atoms with van der Waals surface area (Å²) in [6, 6.07) is 34.4. The molecule has 1 atom stereocenters. The molecule has 0 aliphatic carbocycles. The maximum absolute atomic E-state index is 14.3. The number of nitrogens with zero attached hydrogens (tertiary/aromatic N) is 3. The van der Waals surface area contributed by atoms with E-state index in [1.165, 1.54) is 11.3 Å². The molecule has 2 aromatic heterocycles. The third-order valence-corrected chi connectivity index (χ3v) is 9.25. The predicted molar refractivity (Wildman–Crippen MR) is 180 cm³/mol. The number of thiazole rings is 1. The number of ether oxygens (including phenoxy) is 1. The van der Waals surface area contributed by atoms with E-state index in [-0.39, 0.29) is 12.2 Å². The number of benzene rings is 4. The summed E-state index contributed by atoms with van der Waals surface area (Å²) in [6.07, 6.45) is 3.98. The van der Waals surface area contributed by atoms with Crippen molar-refractivity contribution in [3.8, 4) is 0 Å². The summed E-state index contributed by atoms with van der Waals surface area (Å²) in [6.45, 7) is 2.57. The van der Waals surface area contributed by atoms with Crippen molar-refractivity contribution in [2.45, 2.75) is 19.5 Å². The van der Waals surface area contributed by atoms with Gasteiger partial charge in [-0.1, -0.05) is 120 Å². The van der Waals surface area contributed by atoms with Crippen LogP contribution in [0, 0.1) is 0 Å². The van der Waals surface area contributed by atoms with Gasteiger partial charge in [0.2, 0.25) is 0 Å². The largest absolute Gasteiger partial charge is 0.463 e. The Bertz CT molecular complexity index is 2270. The highest BCUT2D eigenvalue weighted by Gasteiger charge is 2.35. The second-order valence-corrected chi connectivity index (χ2v) is 12.1. The molecular formula is C37H28ClN3O3S. The number of aromatic nitrogens is 2. The van der Waals surface area contributed by atoms with Crippen molar-refractivity contribution >= 4 is 51.6 Å². The van der Waals surface area contributed by atoms with Crippen LogP contribution in [0.2, 0.25) is 5.02 Å². The van der Waals surface area contributed by atoms with Gasteiger partial charge in [0, 0.05) is 39.8 Å². The Labute approximate surface area is 268 Å². The van der Waals surface area contributed by atoms with Crippen LogP contribution in [0.25, 0.3) is 22.7 Å². The average molecular weight is 630 g/mol. The first kappa shape index (κ1) is 28.8. The molecule has 6 aromatic rings. The van der Waals surface area contributed by atoms with Gasteiger partial charge in [-0.05, 0) is 36.3 Å². The van der Waals surface area contributed by atoms with E-state index in [1.807, 2.05) is 103 Å². The van der Waals surface area contributed by atoms with Gasteiger partial charge in [-0.3, -0.25) is 9.36 Å². The van der Waals surface area contributed by atoms with E-state index in [9.17, 15) is 9.59 Å². The molecule has 0 radical (unpaired) electrons. The first-order chi connectivity index (χ1) is 22.0. The lowest BCUT2D eigenvalue weighted by Crippen LogP contribution is -2.39. The van der Waals surface area contributed by atoms with Crippen LogP contribution in [0.15, 0.2) is 131 Å². The molecule has 0 spiro atoms. The highest BCUT2D eigenvalue weighted by Crippen LogP contribution is 2.35. The molecule has 3 heterocycles. The van der Waals surface area contributed by atoms with Crippen molar-refractivity contribution in [3.05, 3.63) is 168 Å². The van der Waals surface area contributed by atoms with E-state index in [1.54, 1.807) is 11.5 Å². The van der Waals surface area contributed by atoms with Gasteiger partial charge in [0.05, 0.1) is 28.5 Å². The Hall–Kier alpha value is -4.98. The minimum atomic E-state index is -0.708. The zero-order valence-corrected chi connectivity index (χ0v) is 26.0. The van der Waals surface area contributed by atoms with E-state index in [2.05, 4.69) is 22.9 Å². The van der Waals surface area contributed by atoms with Gasteiger partial charge in [0.25, 0.3) is 5.56 Å². The van der Waals surface area contributed by atoms with Gasteiger partial charge < -0.3 is 9.30 Å². The molecule has 0 saturated carbocycles. The lowest BCUT2D eigenvalue weighted by Gasteiger charge is -2.25. The molecule has 45 heavy (non-hydrogen) atoms. The standard InChI is InChI=1S/C37H28ClN3O3S/c1-2-44-36(43)32-33(24-13-5-3-6-14-24)39-37-41(34(32)25-15-7-4-8-16-25)35(42)31(45-37)21-27-23-40(30-20-12-10-18-28(27)30)22-26-17-9-11-19-29(26)38/h3-21,23,34H,2,22H2,1H3/b31-21-/t34-/m1/s1. The minimum absolute atomic E-state index is 0.203. The molecule has 0 N–H and O–H groups in total. The van der Waals surface area contributed by atoms with Gasteiger partial charge in [0.1, 0.15) is 0 Å². The van der Waals surface area contributed by atoms with Gasteiger partial charge in [-0.2, -0.15) is 0 Å². The van der Waals surface area contributed by atoms with E-state index in [0.717, 1.165) is 33.2 Å². The second kappa shape index (κ2) is 12.2. The zero-order valence-electron chi connectivity index (χ0n) is 24.4. The number of hydrogen-bond acceptors (Lipinski definition) is 5. The van der Waals surface area contributed by atoms with E-state index in [0.29, 0.717) is 32.2 Å². The quantitative estimate of drug-likeness (QED) is 0.187. The smallest absolute Gasteiger partial charge is 0.338 e. The fourth-order valence-electron chi connectivity index (χ4n) is 5.86. The number of carbonyl (C=O) groups is 1. The molecule has 1 aliphatic heterocycles. The Kier molecular flexibility index (Phi) is 7.79. The summed E-state index contributed by atoms with van der Waals surface area (Å²) in [5.74, 6) is -0.495. The number of hydrogen-bond donors (Lipinski definition) is 0. The molecule has 0 unspecified atom stereocenters. The van der Waals surface area contributed by atoms with Crippen molar-refractivity contribution in [2.24, 2.45) is 4.99 Å². The molecule has 1 aliphatic rings. The fourth-order valence-corrected chi connectivity index (χ4v) is 7.05. The average Bonchev–Trinajstić information content (AvgIpc) is 3.58. The monoisotopic (exact) mass is 629 g/mol. The van der Waals surface area contributed by atoms with Crippen molar-refractivity contribution in [3.63, 3.8) is 0 Å². The zero-order chi connectivity index (χ0) is 30.9. The molecule has 0 amide bonds. The molecule has 0 fully saturated rings. The second-order valence-electron chi connectivity index (χ2n) is 10.7. The Morgan fingerprint density at radius 1 is 0.933 bits per heavy atom. The summed E-state index contributed by atoms with van der Waals surface area (Å²) in [5, 5.41) is 1.73. The molecular weight excluding hydrogens is 602 g/mol. The van der Waals surface area contributed by atoms with Crippen LogP contribution in [0.1, 0.15) is 35.2 Å². The van der Waals surface area contributed by atoms with Gasteiger partial charge >= 0.3 is 5.97 Å². The number of halogens is 1. The van der Waals surface area contributed by atoms with Crippen LogP contribution in [0.5, 0.6) is 0 Å². The van der Waals surface area contributed by atoms with E-state index in [4.69, 9.17) is 21.3 Å². The SMILES string of the molecule is CCOC(=O)C1=C(c2ccccc2)N=c2s/c(=C\c3cn(Cc4ccccc4Cl)c4ccccc34)c(=O)n2[C@@H]1c1ccccc1. The molecule has 4 aromatic carbocycles. The number of para-hydroxylation sites is 1. The highest BCUT2D eigenvalue weighted by molar-refractivity contribution is 7.07. The van der Waals surface area contributed by atoms with Crippen molar-refractivity contribution in [1.82, 2.24) is 9.13 Å². The lowest BCUT2D eigenvalue weighted by atomic mass is 9.93. The van der Waals surface area contributed by atoms with E-state index >= 15 is 0 Å². The van der Waals surface area contributed by atoms with Crippen LogP contribution >= 0.6 is 22.9 Å². The van der Waals surface area contributed by atoms with Gasteiger partial charge in [0.15, 0.2) is 4.80 Å². The molecule has 8 heteroatoms. The maximum atomic E-state index is 14.3. The normalized spacial score (nSPS) is 14.8. The first-order valence-electron chi connectivity index (χ1n) is 14.7. The molecule has 222 valence electrons. The van der Waals surface area contributed by atoms with Crippen LogP contribution in [-0.4, -0.2) is 21.7 Å². The van der Waals surface area contributed by atoms with Crippen LogP contribution < -0.4 is 14.9 Å². The molecule has 0 saturated heterocycles.